The van der Waals surface area contributed by atoms with Crippen molar-refractivity contribution in [3.8, 4) is 17.1 Å². The normalized spacial score (nSPS) is 14.6. The minimum Gasteiger partial charge on any atom is -0.478 e. The first-order valence-electron chi connectivity index (χ1n) is 13.5. The lowest BCUT2D eigenvalue weighted by molar-refractivity contribution is -0.0590. The predicted octanol–water partition coefficient (Wildman–Crippen LogP) is 4.99. The summed E-state index contributed by atoms with van der Waals surface area (Å²) in [6.07, 6.45) is 2.69. The van der Waals surface area contributed by atoms with Crippen LogP contribution in [0.4, 0.5) is 0 Å². The lowest BCUT2D eigenvalue weighted by atomic mass is 10.1. The van der Waals surface area contributed by atoms with E-state index in [0.717, 1.165) is 12.0 Å². The first-order chi connectivity index (χ1) is 19.8. The number of benzene rings is 2. The van der Waals surface area contributed by atoms with E-state index < -0.39 is 5.97 Å². The Morgan fingerprint density at radius 1 is 1.07 bits per heavy atom. The van der Waals surface area contributed by atoms with Gasteiger partial charge in [-0.05, 0) is 61.7 Å². The number of fused-ring (bicyclic) bond motifs is 1. The maximum absolute atomic E-state index is 13.2. The summed E-state index contributed by atoms with van der Waals surface area (Å²) in [4.78, 5) is 34.1. The number of carbonyl (C=O) groups is 1. The van der Waals surface area contributed by atoms with Gasteiger partial charge in [0.25, 0.3) is 5.56 Å². The molecule has 1 N–H and O–H groups in total. The summed E-state index contributed by atoms with van der Waals surface area (Å²) in [6.45, 7) is 6.02. The molecule has 4 heterocycles. The second kappa shape index (κ2) is 11.0. The van der Waals surface area contributed by atoms with Crippen LogP contribution in [-0.4, -0.2) is 42.9 Å². The molecule has 6 rings (SSSR count). The van der Waals surface area contributed by atoms with Crippen molar-refractivity contribution in [2.45, 2.75) is 46.1 Å². The number of hydrogen-bond donors (Lipinski definition) is 1. The van der Waals surface area contributed by atoms with Crippen LogP contribution in [0.2, 0.25) is 0 Å². The third-order valence-corrected chi connectivity index (χ3v) is 7.45. The van der Waals surface area contributed by atoms with Crippen LogP contribution in [0.25, 0.3) is 22.3 Å². The van der Waals surface area contributed by atoms with Gasteiger partial charge >= 0.3 is 5.97 Å². The number of aromatic nitrogens is 4. The Labute approximate surface area is 236 Å². The molecule has 9 heteroatoms. The molecule has 0 amide bonds. The van der Waals surface area contributed by atoms with Crippen molar-refractivity contribution < 1.29 is 19.4 Å². The smallest absolute Gasteiger partial charge is 0.335 e. The molecule has 0 aliphatic carbocycles. The molecule has 3 aromatic heterocycles. The molecular formula is C32H30N4O5. The molecule has 1 unspecified atom stereocenters. The van der Waals surface area contributed by atoms with Crippen LogP contribution in [0.15, 0.2) is 77.7 Å². The monoisotopic (exact) mass is 550 g/mol. The van der Waals surface area contributed by atoms with Gasteiger partial charge < -0.3 is 23.7 Å². The Morgan fingerprint density at radius 2 is 1.93 bits per heavy atom. The van der Waals surface area contributed by atoms with Crippen molar-refractivity contribution >= 4 is 17.0 Å². The number of pyridine rings is 2. The molecule has 2 aromatic carbocycles. The summed E-state index contributed by atoms with van der Waals surface area (Å²) < 4.78 is 15.1. The third-order valence-electron chi connectivity index (χ3n) is 7.45. The van der Waals surface area contributed by atoms with E-state index in [2.05, 4.69) is 37.0 Å². The third kappa shape index (κ3) is 5.62. The van der Waals surface area contributed by atoms with Crippen LogP contribution in [0.1, 0.15) is 39.3 Å². The quantitative estimate of drug-likeness (QED) is 0.275. The molecule has 1 atom stereocenters. The van der Waals surface area contributed by atoms with Crippen molar-refractivity contribution in [2.24, 2.45) is 0 Å². The Balaban J connectivity index is 1.24. The van der Waals surface area contributed by atoms with Gasteiger partial charge in [-0.25, -0.2) is 14.8 Å². The van der Waals surface area contributed by atoms with E-state index in [1.54, 1.807) is 41.1 Å². The average molecular weight is 551 g/mol. The second-order valence-corrected chi connectivity index (χ2v) is 10.4. The molecule has 1 aliphatic heterocycles. The molecule has 208 valence electrons. The van der Waals surface area contributed by atoms with Crippen LogP contribution < -0.4 is 10.3 Å². The van der Waals surface area contributed by atoms with Gasteiger partial charge in [0.2, 0.25) is 5.88 Å². The number of hydrogen-bond acceptors (Lipinski definition) is 6. The van der Waals surface area contributed by atoms with Gasteiger partial charge in [-0.1, -0.05) is 29.8 Å². The lowest BCUT2D eigenvalue weighted by Gasteiger charge is -2.27. The summed E-state index contributed by atoms with van der Waals surface area (Å²) in [5.74, 6) is 0.147. The minimum atomic E-state index is -0.999. The standard InChI is InChI=1S/C32H30N4O5/c1-20-6-7-24(21(2)14-20)19-41-30-5-3-4-26(34-30)22-10-12-35(31(37)16-22)18-29-33-27-9-8-23(32(38)39)15-28(27)36(29)17-25-11-13-40-25/h3-10,12,14-16,25H,11,13,17-19H2,1-2H3,(H,38,39). The highest BCUT2D eigenvalue weighted by atomic mass is 16.5. The average Bonchev–Trinajstić information content (AvgIpc) is 3.27. The van der Waals surface area contributed by atoms with E-state index in [0.29, 0.717) is 53.8 Å². The minimum absolute atomic E-state index is 0.0363. The molecule has 1 aliphatic rings. The molecule has 0 bridgehead atoms. The first kappa shape index (κ1) is 26.5. The summed E-state index contributed by atoms with van der Waals surface area (Å²) in [7, 11) is 0. The topological polar surface area (TPSA) is 108 Å². The number of rotatable bonds is 9. The zero-order valence-electron chi connectivity index (χ0n) is 22.9. The number of aryl methyl sites for hydroxylation is 2. The summed E-state index contributed by atoms with van der Waals surface area (Å²) in [6, 6.07) is 20.0. The first-order valence-corrected chi connectivity index (χ1v) is 13.5. The summed E-state index contributed by atoms with van der Waals surface area (Å²) >= 11 is 0. The van der Waals surface area contributed by atoms with Gasteiger partial charge in [0.05, 0.1) is 41.5 Å². The van der Waals surface area contributed by atoms with E-state index in [1.165, 1.54) is 11.1 Å². The molecule has 0 spiro atoms. The van der Waals surface area contributed by atoms with Crippen molar-refractivity contribution in [2.75, 3.05) is 6.61 Å². The van der Waals surface area contributed by atoms with Crippen LogP contribution in [-0.2, 0) is 24.4 Å². The van der Waals surface area contributed by atoms with Gasteiger partial charge in [-0.3, -0.25) is 4.79 Å². The maximum atomic E-state index is 13.2. The predicted molar refractivity (Wildman–Crippen MR) is 154 cm³/mol. The van der Waals surface area contributed by atoms with Crippen LogP contribution in [0.5, 0.6) is 5.88 Å². The fourth-order valence-corrected chi connectivity index (χ4v) is 5.03. The molecule has 1 saturated heterocycles. The van der Waals surface area contributed by atoms with E-state index in [9.17, 15) is 14.7 Å². The highest BCUT2D eigenvalue weighted by Gasteiger charge is 2.22. The summed E-state index contributed by atoms with van der Waals surface area (Å²) in [5, 5.41) is 9.48. The SMILES string of the molecule is Cc1ccc(COc2cccc(-c3ccn(Cc4nc5ccc(C(=O)O)cc5n4CC4CCO4)c(=O)c3)n2)c(C)c1. The highest BCUT2D eigenvalue weighted by Crippen LogP contribution is 2.24. The van der Waals surface area contributed by atoms with E-state index >= 15 is 0 Å². The molecule has 5 aromatic rings. The van der Waals surface area contributed by atoms with Gasteiger partial charge in [0, 0.05) is 30.5 Å². The van der Waals surface area contributed by atoms with Gasteiger partial charge in [-0.15, -0.1) is 0 Å². The van der Waals surface area contributed by atoms with Crippen molar-refractivity contribution in [1.29, 1.82) is 0 Å². The number of aromatic carboxylic acids is 1. The number of nitrogens with zero attached hydrogens (tertiary/aromatic N) is 4. The van der Waals surface area contributed by atoms with Crippen LogP contribution in [0.3, 0.4) is 0 Å². The van der Waals surface area contributed by atoms with Crippen LogP contribution >= 0.6 is 0 Å². The number of carboxylic acids is 1. The number of ether oxygens (including phenoxy) is 2. The fourth-order valence-electron chi connectivity index (χ4n) is 5.03. The summed E-state index contributed by atoms with van der Waals surface area (Å²) in [5.41, 5.74) is 6.18. The van der Waals surface area contributed by atoms with Crippen molar-refractivity contribution in [3.05, 3.63) is 111 Å². The zero-order valence-corrected chi connectivity index (χ0v) is 22.9. The molecule has 41 heavy (non-hydrogen) atoms. The Bertz CT molecular complexity index is 1820. The molecule has 1 fully saturated rings. The van der Waals surface area contributed by atoms with Crippen molar-refractivity contribution in [3.63, 3.8) is 0 Å². The van der Waals surface area contributed by atoms with E-state index in [4.69, 9.17) is 14.5 Å². The highest BCUT2D eigenvalue weighted by molar-refractivity contribution is 5.92. The number of imidazole rings is 1. The lowest BCUT2D eigenvalue weighted by Crippen LogP contribution is -2.32. The molecule has 9 nitrogen and oxygen atoms in total. The second-order valence-electron chi connectivity index (χ2n) is 10.4. The van der Waals surface area contributed by atoms with Gasteiger partial charge in [-0.2, -0.15) is 0 Å². The molecular weight excluding hydrogens is 520 g/mol. The Hall–Kier alpha value is -4.76. The Kier molecular flexibility index (Phi) is 7.11. The molecule has 0 saturated carbocycles. The van der Waals surface area contributed by atoms with Crippen LogP contribution in [0, 0.1) is 13.8 Å². The molecule has 0 radical (unpaired) electrons. The van der Waals surface area contributed by atoms with Gasteiger partial charge in [0.15, 0.2) is 0 Å². The zero-order chi connectivity index (χ0) is 28.5. The largest absolute Gasteiger partial charge is 0.478 e. The van der Waals surface area contributed by atoms with Gasteiger partial charge in [0.1, 0.15) is 12.4 Å². The fraction of sp³-hybridized carbons (Fsp3) is 0.250. The Morgan fingerprint density at radius 3 is 2.66 bits per heavy atom. The van der Waals surface area contributed by atoms with Crippen molar-refractivity contribution in [1.82, 2.24) is 19.1 Å². The maximum Gasteiger partial charge on any atom is 0.335 e. The number of carboxylic acid groups (broad SMARTS) is 1. The van der Waals surface area contributed by atoms with E-state index in [1.807, 2.05) is 22.8 Å². The van der Waals surface area contributed by atoms with E-state index in [-0.39, 0.29) is 23.8 Å².